The second kappa shape index (κ2) is 8.33. The summed E-state index contributed by atoms with van der Waals surface area (Å²) in [4.78, 5) is 29.5. The molecule has 0 unspecified atom stereocenters. The van der Waals surface area contributed by atoms with E-state index in [1.54, 1.807) is 36.0 Å². The second-order valence-electron chi connectivity index (χ2n) is 8.51. The highest BCUT2D eigenvalue weighted by atomic mass is 32.2. The Morgan fingerprint density at radius 2 is 1.75 bits per heavy atom. The van der Waals surface area contributed by atoms with Crippen molar-refractivity contribution in [3.63, 3.8) is 0 Å². The number of nitriles is 1. The van der Waals surface area contributed by atoms with Crippen LogP contribution in [-0.4, -0.2) is 34.7 Å². The van der Waals surface area contributed by atoms with Crippen LogP contribution < -0.4 is 5.56 Å². The van der Waals surface area contributed by atoms with Crippen molar-refractivity contribution < 1.29 is 4.79 Å². The summed E-state index contributed by atoms with van der Waals surface area (Å²) in [6.07, 6.45) is 3.04. The Kier molecular flexibility index (Phi) is 5.36. The quantitative estimate of drug-likeness (QED) is 0.566. The summed E-state index contributed by atoms with van der Waals surface area (Å²) in [7, 11) is 0. The molecule has 3 heterocycles. The number of hydrogen-bond acceptors (Lipinski definition) is 4. The van der Waals surface area contributed by atoms with E-state index in [-0.39, 0.29) is 23.3 Å². The molecule has 0 N–H and O–H groups in total. The third-order valence-corrected chi connectivity index (χ3v) is 7.30. The summed E-state index contributed by atoms with van der Waals surface area (Å²) >= 11 is 1.68. The van der Waals surface area contributed by atoms with Crippen molar-refractivity contribution in [1.29, 1.82) is 5.26 Å². The predicted molar refractivity (Wildman–Crippen MR) is 126 cm³/mol. The molecule has 2 aliphatic rings. The number of rotatable bonds is 3. The van der Waals surface area contributed by atoms with E-state index < -0.39 is 0 Å². The van der Waals surface area contributed by atoms with Crippen LogP contribution in [0.15, 0.2) is 70.4 Å². The van der Waals surface area contributed by atoms with Crippen molar-refractivity contribution in [2.45, 2.75) is 23.8 Å². The Balaban J connectivity index is 1.42. The normalized spacial score (nSPS) is 19.2. The van der Waals surface area contributed by atoms with Gasteiger partial charge in [-0.05, 0) is 72.7 Å². The molecule has 0 radical (unpaired) electrons. The molecule has 2 aromatic carbocycles. The van der Waals surface area contributed by atoms with Crippen LogP contribution in [0, 0.1) is 17.2 Å². The lowest BCUT2D eigenvalue weighted by atomic mass is 9.82. The van der Waals surface area contributed by atoms with Gasteiger partial charge < -0.3 is 9.47 Å². The van der Waals surface area contributed by atoms with Crippen LogP contribution in [0.3, 0.4) is 0 Å². The van der Waals surface area contributed by atoms with Gasteiger partial charge in [0.25, 0.3) is 11.5 Å². The number of nitrogens with zero attached hydrogens (tertiary/aromatic N) is 3. The van der Waals surface area contributed by atoms with Gasteiger partial charge in [-0.3, -0.25) is 9.59 Å². The molecule has 32 heavy (non-hydrogen) atoms. The van der Waals surface area contributed by atoms with Crippen LogP contribution in [-0.2, 0) is 6.54 Å². The molecule has 0 saturated carbocycles. The maximum atomic E-state index is 13.3. The van der Waals surface area contributed by atoms with Gasteiger partial charge in [0.05, 0.1) is 11.6 Å². The average molecular weight is 442 g/mol. The minimum atomic E-state index is -0.00880. The molecular formula is C26H23N3O2S. The number of carbonyl (C=O) groups is 1. The van der Waals surface area contributed by atoms with E-state index in [1.807, 2.05) is 46.1 Å². The molecular weight excluding hydrogens is 418 g/mol. The summed E-state index contributed by atoms with van der Waals surface area (Å²) < 4.78 is 1.93. The third-order valence-electron chi connectivity index (χ3n) is 6.55. The minimum absolute atomic E-state index is 0.00880. The summed E-state index contributed by atoms with van der Waals surface area (Å²) in [5.74, 6) is 0.409. The SMILES string of the molecule is CSc1ccc(-c2ccc3n(c2=O)C[C@H]2C[C@@H]3CN(C(=O)c3ccc(C#N)cc3)C2)cc1. The molecule has 2 atom stereocenters. The van der Waals surface area contributed by atoms with Crippen molar-refractivity contribution in [3.05, 3.63) is 87.8 Å². The summed E-state index contributed by atoms with van der Waals surface area (Å²) in [5, 5.41) is 8.98. The topological polar surface area (TPSA) is 66.1 Å². The van der Waals surface area contributed by atoms with Crippen molar-refractivity contribution in [3.8, 4) is 17.2 Å². The molecule has 5 rings (SSSR count). The number of likely N-dealkylation sites (tertiary alicyclic amines) is 1. The number of thioether (sulfide) groups is 1. The fourth-order valence-corrected chi connectivity index (χ4v) is 5.38. The van der Waals surface area contributed by atoms with Gasteiger partial charge >= 0.3 is 0 Å². The highest BCUT2D eigenvalue weighted by Gasteiger charge is 2.37. The number of piperidine rings is 1. The van der Waals surface area contributed by atoms with E-state index in [2.05, 4.69) is 12.1 Å². The molecule has 6 heteroatoms. The Morgan fingerprint density at radius 3 is 2.44 bits per heavy atom. The molecule has 5 nitrogen and oxygen atoms in total. The summed E-state index contributed by atoms with van der Waals surface area (Å²) in [6, 6.07) is 21.0. The molecule has 0 spiro atoms. The first-order valence-electron chi connectivity index (χ1n) is 10.7. The monoisotopic (exact) mass is 441 g/mol. The molecule has 0 aliphatic carbocycles. The maximum absolute atomic E-state index is 13.3. The fourth-order valence-electron chi connectivity index (χ4n) is 4.97. The standard InChI is InChI=1S/C26H23N3O2S/c1-32-22-8-6-19(7-9-22)23-10-11-24-21-12-18(15-29(24)26(23)31)14-28(16-21)25(30)20-4-2-17(13-27)3-5-20/h2-11,18,21H,12,14-16H2,1H3/t18-,21+/m0/s1. The number of hydrogen-bond donors (Lipinski definition) is 0. The van der Waals surface area contributed by atoms with Gasteiger partial charge in [-0.2, -0.15) is 5.26 Å². The molecule has 2 aliphatic heterocycles. The van der Waals surface area contributed by atoms with Crippen molar-refractivity contribution in [2.75, 3.05) is 19.3 Å². The smallest absolute Gasteiger partial charge is 0.258 e. The Morgan fingerprint density at radius 1 is 1.00 bits per heavy atom. The van der Waals surface area contributed by atoms with Gasteiger partial charge in [-0.1, -0.05) is 12.1 Å². The number of carbonyl (C=O) groups excluding carboxylic acids is 1. The highest BCUT2D eigenvalue weighted by Crippen LogP contribution is 2.36. The van der Waals surface area contributed by atoms with Crippen molar-refractivity contribution >= 4 is 17.7 Å². The molecule has 1 fully saturated rings. The van der Waals surface area contributed by atoms with Crippen LogP contribution in [0.2, 0.25) is 0 Å². The number of pyridine rings is 1. The number of aromatic nitrogens is 1. The third kappa shape index (κ3) is 3.63. The summed E-state index contributed by atoms with van der Waals surface area (Å²) in [6.45, 7) is 1.89. The zero-order valence-corrected chi connectivity index (χ0v) is 18.6. The van der Waals surface area contributed by atoms with Crippen LogP contribution >= 0.6 is 11.8 Å². The van der Waals surface area contributed by atoms with Crippen LogP contribution in [0.4, 0.5) is 0 Å². The molecule has 1 saturated heterocycles. The summed E-state index contributed by atoms with van der Waals surface area (Å²) in [5.41, 5.74) is 3.90. The van der Waals surface area contributed by atoms with Crippen molar-refractivity contribution in [1.82, 2.24) is 9.47 Å². The van der Waals surface area contributed by atoms with E-state index >= 15 is 0 Å². The molecule has 2 bridgehead atoms. The lowest BCUT2D eigenvalue weighted by Gasteiger charge is -2.43. The van der Waals surface area contributed by atoms with Crippen LogP contribution in [0.25, 0.3) is 11.1 Å². The van der Waals surface area contributed by atoms with Gasteiger partial charge in [0.1, 0.15) is 0 Å². The maximum Gasteiger partial charge on any atom is 0.258 e. The van der Waals surface area contributed by atoms with E-state index in [0.717, 1.165) is 23.2 Å². The van der Waals surface area contributed by atoms with E-state index in [1.165, 1.54) is 4.90 Å². The lowest BCUT2D eigenvalue weighted by Crippen LogP contribution is -2.49. The minimum Gasteiger partial charge on any atom is -0.338 e. The number of fused-ring (bicyclic) bond motifs is 4. The number of benzene rings is 2. The zero-order valence-electron chi connectivity index (χ0n) is 17.8. The van der Waals surface area contributed by atoms with E-state index in [9.17, 15) is 9.59 Å². The highest BCUT2D eigenvalue weighted by molar-refractivity contribution is 7.98. The molecule has 1 amide bonds. The van der Waals surface area contributed by atoms with Gasteiger partial charge in [-0.25, -0.2) is 0 Å². The predicted octanol–water partition coefficient (Wildman–Crippen LogP) is 4.37. The van der Waals surface area contributed by atoms with E-state index in [4.69, 9.17) is 5.26 Å². The second-order valence-corrected chi connectivity index (χ2v) is 9.39. The van der Waals surface area contributed by atoms with Gasteiger partial charge in [0.2, 0.25) is 0 Å². The molecule has 1 aromatic heterocycles. The zero-order chi connectivity index (χ0) is 22.2. The Labute approximate surface area is 191 Å². The largest absolute Gasteiger partial charge is 0.338 e. The molecule has 3 aromatic rings. The van der Waals surface area contributed by atoms with Crippen molar-refractivity contribution in [2.24, 2.45) is 5.92 Å². The first-order valence-corrected chi connectivity index (χ1v) is 12.0. The first kappa shape index (κ1) is 20.6. The molecule has 160 valence electrons. The number of amides is 1. The lowest BCUT2D eigenvalue weighted by molar-refractivity contribution is 0.0594. The Hall–Kier alpha value is -3.30. The van der Waals surface area contributed by atoms with Crippen LogP contribution in [0.1, 0.15) is 34.0 Å². The fraction of sp³-hybridized carbons (Fsp3) is 0.269. The average Bonchev–Trinajstić information content (AvgIpc) is 2.84. The first-order chi connectivity index (χ1) is 15.6. The van der Waals surface area contributed by atoms with E-state index in [0.29, 0.717) is 30.8 Å². The van der Waals surface area contributed by atoms with Crippen LogP contribution in [0.5, 0.6) is 0 Å². The van der Waals surface area contributed by atoms with Gasteiger partial charge in [0.15, 0.2) is 0 Å². The van der Waals surface area contributed by atoms with Gasteiger partial charge in [0, 0.05) is 47.3 Å². The van der Waals surface area contributed by atoms with Gasteiger partial charge in [-0.15, -0.1) is 11.8 Å². The Bertz CT molecular complexity index is 1270.